The lowest BCUT2D eigenvalue weighted by atomic mass is 9.89. The molecule has 0 unspecified atom stereocenters. The summed E-state index contributed by atoms with van der Waals surface area (Å²) in [7, 11) is 0. The Kier molecular flexibility index (Phi) is 5.18. The van der Waals surface area contributed by atoms with Crippen LogP contribution in [0, 0.1) is 34.7 Å². The van der Waals surface area contributed by atoms with E-state index >= 15 is 0 Å². The largest absolute Gasteiger partial charge is 0.374 e. The molecule has 1 aromatic heterocycles. The molecular formula is C18H16F3N3OS. The van der Waals surface area contributed by atoms with Crippen molar-refractivity contribution in [1.82, 2.24) is 0 Å². The number of amides is 1. The maximum atomic E-state index is 13.6. The number of benzene rings is 1. The molecule has 1 aliphatic carbocycles. The van der Waals surface area contributed by atoms with Crippen LogP contribution in [0.5, 0.6) is 0 Å². The predicted octanol–water partition coefficient (Wildman–Crippen LogP) is 4.21. The summed E-state index contributed by atoms with van der Waals surface area (Å²) in [4.78, 5) is 13.2. The molecule has 0 aliphatic heterocycles. The van der Waals surface area contributed by atoms with Crippen molar-refractivity contribution in [3.05, 3.63) is 45.6 Å². The van der Waals surface area contributed by atoms with Crippen LogP contribution < -0.4 is 10.6 Å². The van der Waals surface area contributed by atoms with Crippen LogP contribution in [0.4, 0.5) is 23.9 Å². The Morgan fingerprint density at radius 3 is 2.85 bits per heavy atom. The predicted molar refractivity (Wildman–Crippen MR) is 93.7 cm³/mol. The number of nitrogens with zero attached hydrogens (tertiary/aromatic N) is 1. The molecule has 0 fully saturated rings. The number of anilines is 2. The first-order valence-corrected chi connectivity index (χ1v) is 8.94. The summed E-state index contributed by atoms with van der Waals surface area (Å²) in [5.74, 6) is -4.24. The van der Waals surface area contributed by atoms with E-state index in [0.717, 1.165) is 41.8 Å². The smallest absolute Gasteiger partial charge is 0.244 e. The second-order valence-corrected chi connectivity index (χ2v) is 7.40. The van der Waals surface area contributed by atoms with Gasteiger partial charge in [0.15, 0.2) is 17.5 Å². The van der Waals surface area contributed by atoms with Crippen LogP contribution in [0.3, 0.4) is 0 Å². The van der Waals surface area contributed by atoms with Crippen molar-refractivity contribution in [1.29, 1.82) is 5.26 Å². The summed E-state index contributed by atoms with van der Waals surface area (Å²) in [5, 5.41) is 15.0. The van der Waals surface area contributed by atoms with Gasteiger partial charge in [0.2, 0.25) is 5.91 Å². The van der Waals surface area contributed by atoms with Crippen LogP contribution in [-0.4, -0.2) is 12.5 Å². The Morgan fingerprint density at radius 2 is 2.12 bits per heavy atom. The molecule has 0 bridgehead atoms. The molecule has 26 heavy (non-hydrogen) atoms. The first kappa shape index (κ1) is 18.3. The Hall–Kier alpha value is -2.53. The van der Waals surface area contributed by atoms with Crippen LogP contribution in [-0.2, 0) is 17.6 Å². The highest BCUT2D eigenvalue weighted by Gasteiger charge is 2.24. The number of hydrogen-bond acceptors (Lipinski definition) is 4. The van der Waals surface area contributed by atoms with Crippen molar-refractivity contribution < 1.29 is 18.0 Å². The molecule has 0 radical (unpaired) electrons. The first-order valence-electron chi connectivity index (χ1n) is 8.12. The van der Waals surface area contributed by atoms with Crippen LogP contribution in [0.1, 0.15) is 29.3 Å². The maximum Gasteiger partial charge on any atom is 0.244 e. The van der Waals surface area contributed by atoms with Crippen molar-refractivity contribution in [2.45, 2.75) is 26.2 Å². The zero-order valence-electron chi connectivity index (χ0n) is 14.0. The van der Waals surface area contributed by atoms with Gasteiger partial charge < -0.3 is 10.6 Å². The maximum absolute atomic E-state index is 13.6. The molecule has 136 valence electrons. The highest BCUT2D eigenvalue weighted by atomic mass is 32.1. The van der Waals surface area contributed by atoms with E-state index in [2.05, 4.69) is 23.6 Å². The van der Waals surface area contributed by atoms with Crippen molar-refractivity contribution in [2.24, 2.45) is 5.92 Å². The third-order valence-electron chi connectivity index (χ3n) is 4.35. The van der Waals surface area contributed by atoms with E-state index in [1.807, 2.05) is 0 Å². The van der Waals surface area contributed by atoms with Gasteiger partial charge in [-0.25, -0.2) is 13.2 Å². The van der Waals surface area contributed by atoms with Gasteiger partial charge in [0.1, 0.15) is 11.1 Å². The minimum atomic E-state index is -1.60. The van der Waals surface area contributed by atoms with Gasteiger partial charge in [0.25, 0.3) is 0 Å². The lowest BCUT2D eigenvalue weighted by molar-refractivity contribution is -0.114. The average molecular weight is 379 g/mol. The van der Waals surface area contributed by atoms with Gasteiger partial charge in [-0.05, 0) is 42.9 Å². The Bertz CT molecular complexity index is 904. The van der Waals surface area contributed by atoms with Crippen molar-refractivity contribution in [3.63, 3.8) is 0 Å². The van der Waals surface area contributed by atoms with Gasteiger partial charge in [-0.1, -0.05) is 6.92 Å². The van der Waals surface area contributed by atoms with Gasteiger partial charge in [0.05, 0.1) is 17.8 Å². The summed E-state index contributed by atoms with van der Waals surface area (Å²) >= 11 is 1.38. The zero-order valence-corrected chi connectivity index (χ0v) is 14.8. The molecule has 0 saturated carbocycles. The zero-order chi connectivity index (χ0) is 18.8. The molecule has 1 atom stereocenters. The molecule has 1 heterocycles. The van der Waals surface area contributed by atoms with Crippen LogP contribution in [0.25, 0.3) is 0 Å². The van der Waals surface area contributed by atoms with Gasteiger partial charge in [-0.15, -0.1) is 11.3 Å². The molecule has 4 nitrogen and oxygen atoms in total. The normalized spacial score (nSPS) is 15.9. The van der Waals surface area contributed by atoms with Crippen molar-refractivity contribution in [2.75, 3.05) is 17.2 Å². The Morgan fingerprint density at radius 1 is 1.35 bits per heavy atom. The fraction of sp³-hybridized carbons (Fsp3) is 0.333. The monoisotopic (exact) mass is 379 g/mol. The van der Waals surface area contributed by atoms with Crippen molar-refractivity contribution >= 4 is 27.9 Å². The minimum Gasteiger partial charge on any atom is -0.374 e. The molecule has 3 rings (SSSR count). The van der Waals surface area contributed by atoms with Crippen molar-refractivity contribution in [3.8, 4) is 6.07 Å². The number of thiophene rings is 1. The van der Waals surface area contributed by atoms with Gasteiger partial charge >= 0.3 is 0 Å². The van der Waals surface area contributed by atoms with E-state index in [9.17, 15) is 23.2 Å². The number of hydrogen-bond donors (Lipinski definition) is 2. The SMILES string of the molecule is C[C@@H]1CCc2c(sc(NC(=O)CNc3ccc(F)c(F)c3F)c2C#N)C1. The average Bonchev–Trinajstić information content (AvgIpc) is 2.94. The fourth-order valence-electron chi connectivity index (χ4n) is 2.97. The Balaban J connectivity index is 1.70. The van der Waals surface area contributed by atoms with Gasteiger partial charge in [0, 0.05) is 4.88 Å². The van der Waals surface area contributed by atoms with Crippen LogP contribution in [0.15, 0.2) is 12.1 Å². The standard InChI is InChI=1S/C18H16F3N3OS/c1-9-2-3-10-11(7-22)18(26-14(10)6-9)24-15(25)8-23-13-5-4-12(19)16(20)17(13)21/h4-5,9,23H,2-3,6,8H2,1H3,(H,24,25)/t9-/m1/s1. The van der Waals surface area contributed by atoms with Crippen LogP contribution in [0.2, 0.25) is 0 Å². The molecule has 1 amide bonds. The molecule has 1 aliphatic rings. The fourth-order valence-corrected chi connectivity index (χ4v) is 4.34. The summed E-state index contributed by atoms with van der Waals surface area (Å²) in [5.41, 5.74) is 1.16. The number of carbonyl (C=O) groups excluding carboxylic acids is 1. The third-order valence-corrected chi connectivity index (χ3v) is 5.52. The molecule has 2 N–H and O–H groups in total. The highest BCUT2D eigenvalue weighted by molar-refractivity contribution is 7.16. The number of rotatable bonds is 4. The summed E-state index contributed by atoms with van der Waals surface area (Å²) in [6.07, 6.45) is 2.69. The number of carbonyl (C=O) groups is 1. The van der Waals surface area contributed by atoms with Gasteiger partial charge in [-0.2, -0.15) is 5.26 Å². The molecule has 8 heteroatoms. The Labute approximate surface area is 152 Å². The molecular weight excluding hydrogens is 363 g/mol. The summed E-state index contributed by atoms with van der Waals surface area (Å²) < 4.78 is 39.7. The van der Waals surface area contributed by atoms with Gasteiger partial charge in [-0.3, -0.25) is 4.79 Å². The summed E-state index contributed by atoms with van der Waals surface area (Å²) in [6, 6.07) is 3.94. The molecule has 2 aromatic rings. The number of nitriles is 1. The molecule has 1 aromatic carbocycles. The van der Waals surface area contributed by atoms with E-state index in [4.69, 9.17) is 0 Å². The first-order chi connectivity index (χ1) is 12.4. The number of halogens is 3. The summed E-state index contributed by atoms with van der Waals surface area (Å²) in [6.45, 7) is 1.80. The van der Waals surface area contributed by atoms with E-state index in [1.165, 1.54) is 11.3 Å². The number of fused-ring (bicyclic) bond motifs is 1. The molecule has 0 spiro atoms. The molecule has 0 saturated heterocycles. The lowest BCUT2D eigenvalue weighted by Crippen LogP contribution is -2.22. The highest BCUT2D eigenvalue weighted by Crippen LogP contribution is 2.39. The quantitative estimate of drug-likeness (QED) is 0.782. The topological polar surface area (TPSA) is 64.9 Å². The minimum absolute atomic E-state index is 0.307. The van der Waals surface area contributed by atoms with E-state index in [1.54, 1.807) is 0 Å². The lowest BCUT2D eigenvalue weighted by Gasteiger charge is -2.17. The van der Waals surface area contributed by atoms with E-state index < -0.39 is 23.4 Å². The number of nitrogens with one attached hydrogen (secondary N) is 2. The van der Waals surface area contributed by atoms with E-state index in [-0.39, 0.29) is 12.2 Å². The second kappa shape index (κ2) is 7.38. The van der Waals surface area contributed by atoms with Crippen LogP contribution >= 0.6 is 11.3 Å². The van der Waals surface area contributed by atoms with E-state index in [0.29, 0.717) is 16.5 Å². The second-order valence-electron chi connectivity index (χ2n) is 6.29. The third kappa shape index (κ3) is 3.53.